The largest absolute Gasteiger partial charge is 0.477 e. The molecule has 0 saturated carbocycles. The van der Waals surface area contributed by atoms with E-state index in [9.17, 15) is 53.4 Å². The van der Waals surface area contributed by atoms with Crippen molar-refractivity contribution in [1.82, 2.24) is 46.8 Å². The molecule has 23 N–H and O–H groups in total. The van der Waals surface area contributed by atoms with Crippen LogP contribution in [0.4, 0.5) is 0 Å². The molecule has 1 fully saturated rings. The number of hydrogen-bond acceptors (Lipinski definition) is 17. The molecule has 0 unspecified atom stereocenters. The molecule has 71 heavy (non-hydrogen) atoms. The van der Waals surface area contributed by atoms with Gasteiger partial charge in [-0.1, -0.05) is 12.5 Å². The number of nitrogens with one attached hydrogen (secondary N) is 7. The van der Waals surface area contributed by atoms with Crippen molar-refractivity contribution in [1.29, 1.82) is 0 Å². The second-order valence-electron chi connectivity index (χ2n) is 16.5. The van der Waals surface area contributed by atoms with Gasteiger partial charge in [0.15, 0.2) is 5.96 Å². The number of aromatic nitrogens is 2. The zero-order valence-corrected chi connectivity index (χ0v) is 39.9. The Morgan fingerprint density at radius 2 is 1.54 bits per heavy atom. The van der Waals surface area contributed by atoms with Gasteiger partial charge in [0.05, 0.1) is 25.0 Å². The zero-order chi connectivity index (χ0) is 53.0. The first-order valence-electron chi connectivity index (χ1n) is 23.2. The normalized spacial score (nSPS) is 16.1. The number of likely N-dealkylation sites (tertiary alicyclic amines) is 1. The van der Waals surface area contributed by atoms with E-state index in [1.165, 1.54) is 25.5 Å². The number of unbranched alkanes of at least 4 members (excludes halogenated alkanes) is 2. The summed E-state index contributed by atoms with van der Waals surface area (Å²) in [6, 6.07) is -7.66. The van der Waals surface area contributed by atoms with E-state index in [1.807, 2.05) is 0 Å². The molecule has 0 spiro atoms. The molecule has 0 aromatic carbocycles. The molecule has 0 aliphatic carbocycles. The highest BCUT2D eigenvalue weighted by Crippen LogP contribution is 2.20. The van der Waals surface area contributed by atoms with E-state index in [4.69, 9.17) is 40.1 Å². The lowest BCUT2D eigenvalue weighted by atomic mass is 9.99. The Morgan fingerprint density at radius 3 is 2.11 bits per heavy atom. The van der Waals surface area contributed by atoms with Crippen LogP contribution in [0.15, 0.2) is 34.3 Å². The van der Waals surface area contributed by atoms with Gasteiger partial charge in [-0.2, -0.15) is 0 Å². The van der Waals surface area contributed by atoms with Crippen molar-refractivity contribution < 1.29 is 53.4 Å². The van der Waals surface area contributed by atoms with Gasteiger partial charge in [-0.15, -0.1) is 0 Å². The number of H-pyrrole nitrogens is 1. The Bertz CT molecular complexity index is 2050. The third kappa shape index (κ3) is 21.3. The molecule has 1 aliphatic rings. The van der Waals surface area contributed by atoms with Crippen molar-refractivity contribution in [2.75, 3.05) is 45.8 Å². The number of carbonyl (C=O) groups is 9. The summed E-state index contributed by atoms with van der Waals surface area (Å²) in [6.45, 7) is 0.994. The maximum absolute atomic E-state index is 13.9. The summed E-state index contributed by atoms with van der Waals surface area (Å²) >= 11 is 0. The third-order valence-electron chi connectivity index (χ3n) is 10.8. The van der Waals surface area contributed by atoms with Crippen LogP contribution in [-0.2, 0) is 49.6 Å². The highest BCUT2D eigenvalue weighted by atomic mass is 16.4. The lowest BCUT2D eigenvalue weighted by molar-refractivity contribution is -0.144. The van der Waals surface area contributed by atoms with Crippen molar-refractivity contribution in [2.45, 2.75) is 120 Å². The summed E-state index contributed by atoms with van der Waals surface area (Å²) in [5.41, 5.74) is 38.6. The van der Waals surface area contributed by atoms with Crippen LogP contribution in [-0.4, -0.2) is 178 Å². The average Bonchev–Trinajstić information content (AvgIpc) is 3.83. The van der Waals surface area contributed by atoms with Crippen LogP contribution in [0.1, 0.15) is 76.8 Å². The van der Waals surface area contributed by atoms with Gasteiger partial charge >= 0.3 is 5.97 Å². The van der Waals surface area contributed by atoms with Crippen LogP contribution in [0.3, 0.4) is 0 Å². The number of guanidine groups is 1. The maximum atomic E-state index is 13.9. The standard InChI is InChI=1S/C42H72N18O11/c1-23(54-39(68)33(31(61)19-46)59-35(64)25(47)8-2-4-13-43)34(63)52-21-32(62)55-27(10-6-15-45)40(69)60-17-12-30(60)38(67)58-29(18-24-20-50-22-53-24)37(66)56-26(9-3-5-14-44)36(65)57-28(41(70)71)11-7-16-51-42(48)49/h11,20,22-23,25-26,29-31,33,61H,2-10,12-19,21,43-47H2,1H3,(H,50,53)(H,52,63)(H,54,68)(H,56,66)(H,57,65)(H,58,67)(H,59,64)(H,70,71)(H4,48,49,51)/b28-11-,55-27?/t23-,25-,26-,29-,30-,31-,33-/m0/s1. The van der Waals surface area contributed by atoms with Crippen LogP contribution in [0.25, 0.3) is 0 Å². The average molecular weight is 1010 g/mol. The van der Waals surface area contributed by atoms with Crippen molar-refractivity contribution in [3.8, 4) is 0 Å². The fourth-order valence-electron chi connectivity index (χ4n) is 6.74. The molecule has 29 nitrogen and oxygen atoms in total. The number of aromatic amines is 1. The molecule has 29 heteroatoms. The fraction of sp³-hybridized carbons (Fsp3) is 0.619. The number of hydrogen-bond donors (Lipinski definition) is 16. The first kappa shape index (κ1) is 60.2. The molecule has 2 rings (SSSR count). The van der Waals surface area contributed by atoms with Crippen molar-refractivity contribution in [2.24, 2.45) is 50.1 Å². The predicted molar refractivity (Wildman–Crippen MR) is 258 cm³/mol. The molecule has 8 amide bonds. The molecule has 1 aromatic heterocycles. The van der Waals surface area contributed by atoms with Crippen LogP contribution in [0, 0.1) is 0 Å². The molecule has 396 valence electrons. The molecule has 1 saturated heterocycles. The summed E-state index contributed by atoms with van der Waals surface area (Å²) in [7, 11) is 0. The number of nitrogens with zero attached hydrogens (tertiary/aromatic N) is 4. The van der Waals surface area contributed by atoms with Crippen molar-refractivity contribution >= 4 is 64.9 Å². The van der Waals surface area contributed by atoms with Crippen molar-refractivity contribution in [3.05, 3.63) is 30.0 Å². The summed E-state index contributed by atoms with van der Waals surface area (Å²) in [5, 5.41) is 34.7. The number of aliphatic hydroxyl groups excluding tert-OH is 1. The van der Waals surface area contributed by atoms with E-state index in [0.29, 0.717) is 37.9 Å². The Morgan fingerprint density at radius 1 is 0.859 bits per heavy atom. The Labute approximate surface area is 410 Å². The first-order chi connectivity index (χ1) is 33.8. The lowest BCUT2D eigenvalue weighted by Crippen LogP contribution is -2.63. The number of imidazole rings is 1. The lowest BCUT2D eigenvalue weighted by Gasteiger charge is -2.40. The van der Waals surface area contributed by atoms with Gasteiger partial charge in [0.25, 0.3) is 11.8 Å². The molecule has 7 atom stereocenters. The van der Waals surface area contributed by atoms with E-state index in [0.717, 1.165) is 4.90 Å². The van der Waals surface area contributed by atoms with Gasteiger partial charge in [0.1, 0.15) is 41.6 Å². The minimum absolute atomic E-state index is 0.0394. The van der Waals surface area contributed by atoms with Gasteiger partial charge in [0, 0.05) is 37.9 Å². The molecule has 0 radical (unpaired) electrons. The molecular formula is C42H72N18O11. The van der Waals surface area contributed by atoms with Gasteiger partial charge < -0.3 is 92.1 Å². The second kappa shape index (κ2) is 32.1. The molecule has 0 bridgehead atoms. The quantitative estimate of drug-likeness (QED) is 0.0135. The van der Waals surface area contributed by atoms with E-state index < -0.39 is 114 Å². The number of nitrogens with two attached hydrogens (primary N) is 7. The number of amides is 8. The van der Waals surface area contributed by atoms with E-state index >= 15 is 0 Å². The number of carbonyl (C=O) groups excluding carboxylic acids is 8. The third-order valence-corrected chi connectivity index (χ3v) is 10.8. The number of aliphatic carboxylic acids is 1. The van der Waals surface area contributed by atoms with Crippen LogP contribution in [0.2, 0.25) is 0 Å². The van der Waals surface area contributed by atoms with E-state index in [1.54, 1.807) is 0 Å². The Kier molecular flexibility index (Phi) is 27.2. The number of rotatable bonds is 33. The summed E-state index contributed by atoms with van der Waals surface area (Å²) < 4.78 is 0. The van der Waals surface area contributed by atoms with Crippen LogP contribution < -0.4 is 72.0 Å². The monoisotopic (exact) mass is 1000 g/mol. The highest BCUT2D eigenvalue weighted by Gasteiger charge is 2.41. The maximum Gasteiger partial charge on any atom is 0.352 e. The molecule has 2 heterocycles. The Hall–Kier alpha value is -6.92. The summed E-state index contributed by atoms with van der Waals surface area (Å²) in [5.74, 6) is -8.44. The zero-order valence-electron chi connectivity index (χ0n) is 39.9. The molecular weight excluding hydrogens is 933 g/mol. The summed E-state index contributed by atoms with van der Waals surface area (Å²) in [6.07, 6.45) is 4.90. The van der Waals surface area contributed by atoms with Gasteiger partial charge in [-0.05, 0) is 84.3 Å². The van der Waals surface area contributed by atoms with Gasteiger partial charge in [0.2, 0.25) is 35.4 Å². The predicted octanol–water partition coefficient (Wildman–Crippen LogP) is -7.01. The highest BCUT2D eigenvalue weighted by molar-refractivity contribution is 6.40. The van der Waals surface area contributed by atoms with E-state index in [-0.39, 0.29) is 82.8 Å². The number of aliphatic imine (C=N–C) groups is 2. The SMILES string of the molecule is C[C@H](NC(=O)[C@@H](NC(=O)[C@@H](N)CCCCN)[C@@H](O)CN)C(=O)NCC(=O)N=C(CCCN)C(=O)N1CC[C@H]1C(=O)N[C@@H](Cc1cnc[nH]1)C(=O)N[C@@H](CCCCN)C(=O)N/C(=C\CCN=C(N)N)C(=O)O. The topological polar surface area (TPSA) is 505 Å². The van der Waals surface area contributed by atoms with Crippen molar-refractivity contribution in [3.63, 3.8) is 0 Å². The minimum Gasteiger partial charge on any atom is -0.477 e. The minimum atomic E-state index is -1.57. The second-order valence-corrected chi connectivity index (χ2v) is 16.5. The fourth-order valence-corrected chi connectivity index (χ4v) is 6.74. The molecule has 1 aliphatic heterocycles. The van der Waals surface area contributed by atoms with Gasteiger partial charge in [-0.3, -0.25) is 43.3 Å². The van der Waals surface area contributed by atoms with Crippen LogP contribution in [0.5, 0.6) is 0 Å². The number of aliphatic hydroxyl groups is 1. The summed E-state index contributed by atoms with van der Waals surface area (Å²) in [4.78, 5) is 134. The molecule has 1 aromatic rings. The Balaban J connectivity index is 2.20. The first-order valence-corrected chi connectivity index (χ1v) is 23.2. The smallest absolute Gasteiger partial charge is 0.352 e. The van der Waals surface area contributed by atoms with Crippen LogP contribution >= 0.6 is 0 Å². The van der Waals surface area contributed by atoms with Gasteiger partial charge in [-0.25, -0.2) is 14.8 Å². The van der Waals surface area contributed by atoms with E-state index in [2.05, 4.69) is 51.9 Å². The number of carboxylic acid groups (broad SMARTS) is 1. The number of carboxylic acids is 1.